The number of nitriles is 1. The Morgan fingerprint density at radius 1 is 1.32 bits per heavy atom. The molecule has 0 spiro atoms. The highest BCUT2D eigenvalue weighted by Crippen LogP contribution is 2.13. The number of aromatic nitrogens is 4. The summed E-state index contributed by atoms with van der Waals surface area (Å²) >= 11 is 0. The van der Waals surface area contributed by atoms with Gasteiger partial charge < -0.3 is 4.74 Å². The van der Waals surface area contributed by atoms with Crippen LogP contribution >= 0.6 is 0 Å². The van der Waals surface area contributed by atoms with Crippen molar-refractivity contribution in [3.8, 4) is 11.8 Å². The molecule has 0 unspecified atom stereocenters. The molecule has 0 saturated heterocycles. The molecule has 2 aromatic rings. The van der Waals surface area contributed by atoms with Gasteiger partial charge in [0.05, 0.1) is 13.2 Å². The summed E-state index contributed by atoms with van der Waals surface area (Å²) < 4.78 is 6.87. The summed E-state index contributed by atoms with van der Waals surface area (Å²) in [5.74, 6) is 1.64. The van der Waals surface area contributed by atoms with Crippen LogP contribution in [0.15, 0.2) is 24.3 Å². The molecule has 1 heterocycles. The van der Waals surface area contributed by atoms with Crippen molar-refractivity contribution in [1.29, 1.82) is 5.26 Å². The van der Waals surface area contributed by atoms with E-state index < -0.39 is 0 Å². The van der Waals surface area contributed by atoms with E-state index in [1.165, 1.54) is 0 Å². The lowest BCUT2D eigenvalue weighted by atomic mass is 10.1. The molecule has 0 N–H and O–H groups in total. The van der Waals surface area contributed by atoms with Crippen LogP contribution in [0.5, 0.6) is 5.75 Å². The Balaban J connectivity index is 2.02. The van der Waals surface area contributed by atoms with E-state index in [-0.39, 0.29) is 0 Å². The van der Waals surface area contributed by atoms with Crippen LogP contribution in [0.2, 0.25) is 0 Å². The SMILES string of the molecule is COc1ccc(Cc2nnnn2CCCC#N)cc1. The molecule has 0 atom stereocenters. The Labute approximate surface area is 111 Å². The summed E-state index contributed by atoms with van der Waals surface area (Å²) in [6.07, 6.45) is 1.95. The summed E-state index contributed by atoms with van der Waals surface area (Å²) in [6.45, 7) is 0.673. The van der Waals surface area contributed by atoms with Crippen LogP contribution in [0, 0.1) is 11.3 Å². The van der Waals surface area contributed by atoms with E-state index in [2.05, 4.69) is 21.6 Å². The van der Waals surface area contributed by atoms with Gasteiger partial charge in [-0.25, -0.2) is 4.68 Å². The molecular formula is C13H15N5O. The molecular weight excluding hydrogens is 242 g/mol. The number of hydrogen-bond donors (Lipinski definition) is 0. The topological polar surface area (TPSA) is 76.6 Å². The number of ether oxygens (including phenoxy) is 1. The Kier molecular flexibility index (Phi) is 4.45. The number of tetrazole rings is 1. The van der Waals surface area contributed by atoms with Gasteiger partial charge in [-0.3, -0.25) is 0 Å². The zero-order valence-electron chi connectivity index (χ0n) is 10.8. The van der Waals surface area contributed by atoms with Crippen LogP contribution < -0.4 is 4.74 Å². The average molecular weight is 257 g/mol. The molecule has 98 valence electrons. The Morgan fingerprint density at radius 3 is 2.79 bits per heavy atom. The molecule has 6 heteroatoms. The predicted molar refractivity (Wildman–Crippen MR) is 68.5 cm³/mol. The van der Waals surface area contributed by atoms with Crippen molar-refractivity contribution >= 4 is 0 Å². The normalized spacial score (nSPS) is 10.1. The fourth-order valence-electron chi connectivity index (χ4n) is 1.76. The third kappa shape index (κ3) is 3.52. The van der Waals surface area contributed by atoms with Gasteiger partial charge >= 0.3 is 0 Å². The smallest absolute Gasteiger partial charge is 0.155 e. The van der Waals surface area contributed by atoms with Gasteiger partial charge in [0.15, 0.2) is 5.82 Å². The maximum absolute atomic E-state index is 8.53. The molecule has 0 fully saturated rings. The molecule has 0 amide bonds. The van der Waals surface area contributed by atoms with Crippen molar-refractivity contribution in [1.82, 2.24) is 20.2 Å². The van der Waals surface area contributed by atoms with Gasteiger partial charge in [-0.15, -0.1) is 5.10 Å². The van der Waals surface area contributed by atoms with Crippen molar-refractivity contribution in [2.75, 3.05) is 7.11 Å². The van der Waals surface area contributed by atoms with Gasteiger partial charge in [0.1, 0.15) is 5.75 Å². The molecule has 1 aromatic carbocycles. The van der Waals surface area contributed by atoms with Crippen LogP contribution in [0.3, 0.4) is 0 Å². The lowest BCUT2D eigenvalue weighted by molar-refractivity contribution is 0.414. The third-order valence-electron chi connectivity index (χ3n) is 2.79. The zero-order chi connectivity index (χ0) is 13.5. The first-order valence-electron chi connectivity index (χ1n) is 6.08. The first kappa shape index (κ1) is 13.0. The number of benzene rings is 1. The Bertz CT molecular complexity index is 555. The highest BCUT2D eigenvalue weighted by molar-refractivity contribution is 5.28. The summed E-state index contributed by atoms with van der Waals surface area (Å²) in [7, 11) is 1.64. The van der Waals surface area contributed by atoms with Gasteiger partial charge in [0, 0.05) is 19.4 Å². The molecule has 6 nitrogen and oxygen atoms in total. The lowest BCUT2D eigenvalue weighted by Crippen LogP contribution is -2.06. The second-order valence-electron chi connectivity index (χ2n) is 4.10. The van der Waals surface area contributed by atoms with Crippen LogP contribution in [0.1, 0.15) is 24.2 Å². The van der Waals surface area contributed by atoms with Crippen molar-refractivity contribution in [2.24, 2.45) is 0 Å². The number of rotatable bonds is 6. The molecule has 0 radical (unpaired) electrons. The molecule has 1 aromatic heterocycles. The van der Waals surface area contributed by atoms with Gasteiger partial charge in [-0.1, -0.05) is 12.1 Å². The maximum Gasteiger partial charge on any atom is 0.155 e. The minimum absolute atomic E-state index is 0.516. The average Bonchev–Trinajstić information content (AvgIpc) is 2.87. The molecule has 0 bridgehead atoms. The Hall–Kier alpha value is -2.42. The minimum Gasteiger partial charge on any atom is -0.497 e. The lowest BCUT2D eigenvalue weighted by Gasteiger charge is -2.04. The number of unbranched alkanes of at least 4 members (excludes halogenated alkanes) is 1. The highest BCUT2D eigenvalue weighted by Gasteiger charge is 2.07. The van der Waals surface area contributed by atoms with E-state index >= 15 is 0 Å². The predicted octanol–water partition coefficient (Wildman–Crippen LogP) is 1.58. The second-order valence-corrected chi connectivity index (χ2v) is 4.10. The summed E-state index contributed by atoms with van der Waals surface area (Å²) in [6, 6.07) is 9.93. The van der Waals surface area contributed by atoms with Crippen LogP contribution in [-0.2, 0) is 13.0 Å². The first-order valence-corrected chi connectivity index (χ1v) is 6.08. The molecule has 0 aliphatic carbocycles. The van der Waals surface area contributed by atoms with Crippen LogP contribution in [0.4, 0.5) is 0 Å². The maximum atomic E-state index is 8.53. The van der Waals surface area contributed by atoms with E-state index in [1.807, 2.05) is 24.3 Å². The fraction of sp³-hybridized carbons (Fsp3) is 0.385. The Morgan fingerprint density at radius 2 is 2.11 bits per heavy atom. The van der Waals surface area contributed by atoms with E-state index in [0.717, 1.165) is 23.6 Å². The van der Waals surface area contributed by atoms with Gasteiger partial charge in [0.25, 0.3) is 0 Å². The quantitative estimate of drug-likeness (QED) is 0.734. The minimum atomic E-state index is 0.516. The summed E-state index contributed by atoms with van der Waals surface area (Å²) in [5.41, 5.74) is 1.12. The largest absolute Gasteiger partial charge is 0.497 e. The zero-order valence-corrected chi connectivity index (χ0v) is 10.8. The van der Waals surface area contributed by atoms with Crippen molar-refractivity contribution in [3.63, 3.8) is 0 Å². The van der Waals surface area contributed by atoms with E-state index in [0.29, 0.717) is 19.4 Å². The van der Waals surface area contributed by atoms with E-state index in [4.69, 9.17) is 10.00 Å². The van der Waals surface area contributed by atoms with Gasteiger partial charge in [-0.2, -0.15) is 5.26 Å². The van der Waals surface area contributed by atoms with E-state index in [1.54, 1.807) is 11.8 Å². The standard InChI is InChI=1S/C13H15N5O/c1-19-12-6-4-11(5-7-12)10-13-15-16-17-18(13)9-3-2-8-14/h4-7H,2-3,9-10H2,1H3. The number of nitrogens with zero attached hydrogens (tertiary/aromatic N) is 5. The fourth-order valence-corrected chi connectivity index (χ4v) is 1.76. The van der Waals surface area contributed by atoms with Gasteiger partial charge in [0.2, 0.25) is 0 Å². The van der Waals surface area contributed by atoms with Crippen LogP contribution in [0.25, 0.3) is 0 Å². The van der Waals surface area contributed by atoms with E-state index in [9.17, 15) is 0 Å². The summed E-state index contributed by atoms with van der Waals surface area (Å²) in [5, 5.41) is 20.2. The first-order chi connectivity index (χ1) is 9.33. The van der Waals surface area contributed by atoms with Gasteiger partial charge in [-0.05, 0) is 34.5 Å². The summed E-state index contributed by atoms with van der Waals surface area (Å²) in [4.78, 5) is 0. The van der Waals surface area contributed by atoms with Crippen molar-refractivity contribution in [3.05, 3.63) is 35.7 Å². The number of hydrogen-bond acceptors (Lipinski definition) is 5. The molecule has 0 aliphatic heterocycles. The van der Waals surface area contributed by atoms with Crippen LogP contribution in [-0.4, -0.2) is 27.3 Å². The monoisotopic (exact) mass is 257 g/mol. The molecule has 2 rings (SSSR count). The van der Waals surface area contributed by atoms with Crippen molar-refractivity contribution in [2.45, 2.75) is 25.8 Å². The number of methoxy groups -OCH3 is 1. The third-order valence-corrected chi connectivity index (χ3v) is 2.79. The number of aryl methyl sites for hydroxylation is 1. The second kappa shape index (κ2) is 6.50. The molecule has 0 saturated carbocycles. The highest BCUT2D eigenvalue weighted by atomic mass is 16.5. The van der Waals surface area contributed by atoms with Crippen molar-refractivity contribution < 1.29 is 4.74 Å². The molecule has 0 aliphatic rings. The molecule has 19 heavy (non-hydrogen) atoms.